The summed E-state index contributed by atoms with van der Waals surface area (Å²) in [5, 5.41) is 28.1. The Kier molecular flexibility index (Phi) is 41.9. The average molecular weight is 1370 g/mol. The number of methoxy groups -OCH3 is 7. The van der Waals surface area contributed by atoms with Crippen LogP contribution < -0.4 is 18.9 Å². The highest BCUT2D eigenvalue weighted by atomic mass is 16.8. The van der Waals surface area contributed by atoms with Gasteiger partial charge in [0.15, 0.2) is 0 Å². The van der Waals surface area contributed by atoms with Gasteiger partial charge in [0.1, 0.15) is 114 Å². The maximum atomic E-state index is 10.9. The van der Waals surface area contributed by atoms with Crippen molar-refractivity contribution in [2.75, 3.05) is 129 Å². The summed E-state index contributed by atoms with van der Waals surface area (Å²) in [4.78, 5) is 84.3. The molecule has 0 aliphatic carbocycles. The Balaban J connectivity index is 0.000000675. The first-order valence-corrected chi connectivity index (χ1v) is 29.3. The van der Waals surface area contributed by atoms with Crippen LogP contribution in [0.25, 0.3) is 0 Å². The molecule has 0 bridgehead atoms. The molecule has 0 aromatic heterocycles. The molecule has 5 aromatic rings. The average Bonchev–Trinajstić information content (AvgIpc) is 0.822. The number of hydrogen-bond acceptors (Lipinski definition) is 29. The molecule has 0 fully saturated rings. The van der Waals surface area contributed by atoms with E-state index in [4.69, 9.17) is 28.8 Å². The Labute approximate surface area is 562 Å². The lowest BCUT2D eigenvalue weighted by Crippen LogP contribution is -2.25. The fourth-order valence-electron chi connectivity index (χ4n) is 7.14. The molecule has 97 heavy (non-hydrogen) atoms. The summed E-state index contributed by atoms with van der Waals surface area (Å²) in [5.74, 6) is 2.46. The zero-order valence-electron chi connectivity index (χ0n) is 56.6. The summed E-state index contributed by atoms with van der Waals surface area (Å²) in [6.07, 6.45) is -9.00. The van der Waals surface area contributed by atoms with Gasteiger partial charge in [-0.05, 0) is 84.6 Å². The van der Waals surface area contributed by atoms with Gasteiger partial charge in [-0.3, -0.25) is 0 Å². The summed E-state index contributed by atoms with van der Waals surface area (Å²) >= 11 is 0. The normalized spacial score (nSPS) is 10.8. The molecule has 0 heterocycles. The van der Waals surface area contributed by atoms with Crippen molar-refractivity contribution in [3.8, 4) is 23.0 Å². The molecule has 30 heteroatoms. The molecule has 5 rings (SSSR count). The summed E-state index contributed by atoms with van der Waals surface area (Å²) in [7, 11) is 8.37. The maximum Gasteiger partial charge on any atom is 0.508 e. The van der Waals surface area contributed by atoms with Crippen LogP contribution in [0.5, 0.6) is 23.0 Å². The van der Waals surface area contributed by atoms with Gasteiger partial charge in [0.05, 0.1) is 49.8 Å². The minimum Gasteiger partial charge on any atom is -0.491 e. The van der Waals surface area contributed by atoms with Crippen LogP contribution in [0.15, 0.2) is 121 Å². The zero-order chi connectivity index (χ0) is 72.6. The van der Waals surface area contributed by atoms with Gasteiger partial charge < -0.3 is 105 Å². The third kappa shape index (κ3) is 37.8. The third-order valence-corrected chi connectivity index (χ3v) is 12.6. The lowest BCUT2D eigenvalue weighted by molar-refractivity contribution is 0.0121. The van der Waals surface area contributed by atoms with Crippen molar-refractivity contribution in [1.82, 2.24) is 0 Å². The van der Waals surface area contributed by atoms with Crippen LogP contribution in [0.4, 0.5) is 38.4 Å². The van der Waals surface area contributed by atoms with E-state index in [1.807, 2.05) is 72.8 Å². The molecule has 0 saturated heterocycles. The molecule has 2 unspecified atom stereocenters. The van der Waals surface area contributed by atoms with E-state index in [0.717, 1.165) is 22.3 Å². The number of hydrogen-bond donors (Lipinski definition) is 3. The second-order valence-corrected chi connectivity index (χ2v) is 20.3. The number of carbonyl (C=O) groups is 8. The van der Waals surface area contributed by atoms with Crippen molar-refractivity contribution in [3.05, 3.63) is 155 Å². The molecule has 0 aliphatic heterocycles. The molecule has 0 radical (unpaired) electrons. The minimum absolute atomic E-state index is 0.0220. The van der Waals surface area contributed by atoms with Crippen molar-refractivity contribution in [2.45, 2.75) is 64.6 Å². The molecule has 0 spiro atoms. The molecule has 536 valence electrons. The van der Waals surface area contributed by atoms with E-state index >= 15 is 0 Å². The zero-order valence-corrected chi connectivity index (χ0v) is 56.6. The monoisotopic (exact) mass is 1370 g/mol. The highest BCUT2D eigenvalue weighted by molar-refractivity contribution is 5.62. The minimum atomic E-state index is -1.32. The maximum absolute atomic E-state index is 10.9. The van der Waals surface area contributed by atoms with Crippen LogP contribution in [0.3, 0.4) is 0 Å². The predicted molar refractivity (Wildman–Crippen MR) is 342 cm³/mol. The molecule has 5 aromatic carbocycles. The lowest BCUT2D eigenvalue weighted by Gasteiger charge is -2.26. The standard InChI is InChI=1S/C25H32O10.C22H26O8.C8H10.2C6H10O6/c1-25(2,17-5-9-21(10-6-17)32-13-19(26)15-34-23(28)30-3)18-7-11-22(12-8-18)33-14-20(27)16-35-24(29)31-4;1-22(2,16-4-8-18(9-5-16)27-12-14-29-20(23)24)17-6-10-19(11-7-17)28-13-15-30-21(25)26-3;1-7-3-5-8(2)6-4-7;2*1-9-5(7)11-3-4-12-6(8)10-2/h5-12,19-20,26-27H,13-16H2,1-4H3;4-11H,12-15H2,1-3H3,(H,23,24);3-6H,1-2H3;2*3-4H2,1-2H3. The number of aliphatic hydroxyl groups excluding tert-OH is 2. The predicted octanol–water partition coefficient (Wildman–Crippen LogP) is 10.7. The fraction of sp³-hybridized carbons (Fsp3) is 0.433. The summed E-state index contributed by atoms with van der Waals surface area (Å²) in [6.45, 7) is 12.3. The second-order valence-electron chi connectivity index (χ2n) is 20.3. The number of carboxylic acid groups (broad SMARTS) is 1. The van der Waals surface area contributed by atoms with Crippen LogP contribution in [0.1, 0.15) is 61.1 Å². The first-order valence-electron chi connectivity index (χ1n) is 29.3. The molecule has 0 aliphatic rings. The molecule has 0 saturated carbocycles. The number of rotatable bonds is 28. The van der Waals surface area contributed by atoms with Crippen LogP contribution in [0, 0.1) is 13.8 Å². The molecular formula is C67H88O30. The van der Waals surface area contributed by atoms with Gasteiger partial charge in [0.25, 0.3) is 0 Å². The number of aliphatic hydroxyl groups is 2. The quantitative estimate of drug-likeness (QED) is 0.0238. The van der Waals surface area contributed by atoms with Gasteiger partial charge in [0, 0.05) is 10.8 Å². The number of aryl methyl sites for hydroxylation is 2. The van der Waals surface area contributed by atoms with Crippen LogP contribution in [-0.4, -0.2) is 206 Å². The molecule has 0 amide bonds. The lowest BCUT2D eigenvalue weighted by atomic mass is 9.78. The van der Waals surface area contributed by atoms with Crippen LogP contribution in [0.2, 0.25) is 0 Å². The summed E-state index contributed by atoms with van der Waals surface area (Å²) < 4.78 is 87.9. The molecule has 30 nitrogen and oxygen atoms in total. The van der Waals surface area contributed by atoms with Crippen LogP contribution in [-0.2, 0) is 81.9 Å². The Bertz CT molecular complexity index is 2870. The van der Waals surface area contributed by atoms with E-state index < -0.39 is 61.5 Å². The third-order valence-electron chi connectivity index (χ3n) is 12.6. The highest BCUT2D eigenvalue weighted by Crippen LogP contribution is 2.35. The van der Waals surface area contributed by atoms with Gasteiger partial charge >= 0.3 is 49.2 Å². The Morgan fingerprint density at radius 2 is 0.505 bits per heavy atom. The smallest absolute Gasteiger partial charge is 0.491 e. The topological polar surface area (TPSA) is 373 Å². The molecule has 2 atom stereocenters. The van der Waals surface area contributed by atoms with Crippen molar-refractivity contribution >= 4 is 49.2 Å². The van der Waals surface area contributed by atoms with Crippen molar-refractivity contribution in [1.29, 1.82) is 0 Å². The van der Waals surface area contributed by atoms with E-state index in [1.165, 1.54) is 60.9 Å². The molecular weight excluding hydrogens is 1280 g/mol. The van der Waals surface area contributed by atoms with E-state index in [0.29, 0.717) is 23.0 Å². The van der Waals surface area contributed by atoms with E-state index in [-0.39, 0.29) is 90.1 Å². The first-order chi connectivity index (χ1) is 46.2. The Morgan fingerprint density at radius 1 is 0.299 bits per heavy atom. The van der Waals surface area contributed by atoms with Gasteiger partial charge in [-0.2, -0.15) is 0 Å². The van der Waals surface area contributed by atoms with Gasteiger partial charge in [-0.15, -0.1) is 0 Å². The van der Waals surface area contributed by atoms with E-state index in [1.54, 1.807) is 24.3 Å². The number of ether oxygens (including phenoxy) is 19. The fourth-order valence-corrected chi connectivity index (χ4v) is 7.14. The number of carbonyl (C=O) groups excluding carboxylic acids is 7. The SMILES string of the molecule is COC(=O)OCC(O)COc1ccc(C(C)(C)c2ccc(OCC(O)COC(=O)OC)cc2)cc1.COC(=O)OCCOC(=O)OC.COC(=O)OCCOC(=O)OC.COC(=O)OCCOc1ccc(C(C)(C)c2ccc(OCCOC(=O)O)cc2)cc1.Cc1ccc(C)cc1. The first kappa shape index (κ1) is 84.4. The van der Waals surface area contributed by atoms with Crippen LogP contribution >= 0.6 is 0 Å². The van der Waals surface area contributed by atoms with Crippen molar-refractivity contribution in [3.63, 3.8) is 0 Å². The summed E-state index contributed by atoms with van der Waals surface area (Å²) in [5.41, 5.74) is 6.37. The Hall–Kier alpha value is -10.6. The van der Waals surface area contributed by atoms with Crippen molar-refractivity contribution in [2.24, 2.45) is 0 Å². The molecule has 3 N–H and O–H groups in total. The Morgan fingerprint density at radius 3 is 0.732 bits per heavy atom. The summed E-state index contributed by atoms with van der Waals surface area (Å²) in [6, 6.07) is 38.8. The van der Waals surface area contributed by atoms with Gasteiger partial charge in [-0.1, -0.05) is 112 Å². The number of benzene rings is 5. The highest BCUT2D eigenvalue weighted by Gasteiger charge is 2.25. The largest absolute Gasteiger partial charge is 0.508 e. The van der Waals surface area contributed by atoms with E-state index in [2.05, 4.69) is 132 Å². The van der Waals surface area contributed by atoms with Crippen molar-refractivity contribution < 1.29 is 144 Å². The van der Waals surface area contributed by atoms with E-state index in [9.17, 15) is 48.6 Å². The van der Waals surface area contributed by atoms with Gasteiger partial charge in [-0.25, -0.2) is 38.4 Å². The van der Waals surface area contributed by atoms with Gasteiger partial charge in [0.2, 0.25) is 0 Å². The second kappa shape index (κ2) is 48.1.